The molecule has 0 aromatic rings. The number of quaternary nitrogens is 1. The lowest BCUT2D eigenvalue weighted by Gasteiger charge is -2.36. The maximum Gasteiger partial charge on any atom is 0.192 e. The van der Waals surface area contributed by atoms with Crippen LogP contribution in [0, 0.1) is 0 Å². The van der Waals surface area contributed by atoms with Crippen molar-refractivity contribution in [3.8, 4) is 0 Å². The molecule has 0 bridgehead atoms. The molecule has 108 valence electrons. The lowest BCUT2D eigenvalue weighted by molar-refractivity contribution is -0.937. The summed E-state index contributed by atoms with van der Waals surface area (Å²) in [5, 5.41) is 0. The Bertz CT molecular complexity index is 223. The van der Waals surface area contributed by atoms with Gasteiger partial charge in [0.25, 0.3) is 0 Å². The Morgan fingerprint density at radius 2 is 1.89 bits per heavy atom. The van der Waals surface area contributed by atoms with Crippen LogP contribution in [-0.4, -0.2) is 51.7 Å². The van der Waals surface area contributed by atoms with Gasteiger partial charge in [0.15, 0.2) is 6.23 Å². The van der Waals surface area contributed by atoms with Gasteiger partial charge in [-0.1, -0.05) is 12.5 Å². The van der Waals surface area contributed by atoms with Crippen molar-refractivity contribution in [2.45, 2.75) is 45.8 Å². The third-order valence-corrected chi connectivity index (χ3v) is 3.35. The van der Waals surface area contributed by atoms with E-state index in [1.54, 1.807) is 7.11 Å². The molecule has 0 saturated heterocycles. The number of unbranched alkanes of at least 4 members (excludes halogenated alkanes) is 1. The summed E-state index contributed by atoms with van der Waals surface area (Å²) in [5.74, 6) is 0. The SMILES string of the molecule is C=C(C)CCOCCCC[N+](C)(C)C(CC)OC. The van der Waals surface area contributed by atoms with Crippen LogP contribution in [0.2, 0.25) is 0 Å². The van der Waals surface area contributed by atoms with Gasteiger partial charge < -0.3 is 14.0 Å². The average molecular weight is 258 g/mol. The minimum Gasteiger partial charge on any atom is -0.381 e. The summed E-state index contributed by atoms with van der Waals surface area (Å²) in [5.41, 5.74) is 1.19. The van der Waals surface area contributed by atoms with Crippen LogP contribution in [0.3, 0.4) is 0 Å². The lowest BCUT2D eigenvalue weighted by Crippen LogP contribution is -2.50. The quantitative estimate of drug-likeness (QED) is 0.245. The number of hydrogen-bond donors (Lipinski definition) is 0. The van der Waals surface area contributed by atoms with Gasteiger partial charge in [-0.05, 0) is 26.2 Å². The van der Waals surface area contributed by atoms with E-state index < -0.39 is 0 Å². The van der Waals surface area contributed by atoms with E-state index in [9.17, 15) is 0 Å². The van der Waals surface area contributed by atoms with Crippen LogP contribution in [0.25, 0.3) is 0 Å². The Morgan fingerprint density at radius 3 is 2.39 bits per heavy atom. The summed E-state index contributed by atoms with van der Waals surface area (Å²) in [6.45, 7) is 10.9. The minimum absolute atomic E-state index is 0.300. The molecule has 1 unspecified atom stereocenters. The minimum atomic E-state index is 0.300. The zero-order valence-corrected chi connectivity index (χ0v) is 13.0. The van der Waals surface area contributed by atoms with Crippen LogP contribution in [0.5, 0.6) is 0 Å². The van der Waals surface area contributed by atoms with Crippen molar-refractivity contribution in [3.05, 3.63) is 12.2 Å². The van der Waals surface area contributed by atoms with Crippen LogP contribution in [0.1, 0.15) is 39.5 Å². The molecule has 0 saturated carbocycles. The number of rotatable bonds is 11. The van der Waals surface area contributed by atoms with E-state index in [4.69, 9.17) is 9.47 Å². The first kappa shape index (κ1) is 17.6. The highest BCUT2D eigenvalue weighted by Crippen LogP contribution is 2.13. The maximum absolute atomic E-state index is 5.57. The van der Waals surface area contributed by atoms with Gasteiger partial charge in [-0.25, -0.2) is 0 Å². The smallest absolute Gasteiger partial charge is 0.192 e. The van der Waals surface area contributed by atoms with Gasteiger partial charge in [-0.2, -0.15) is 0 Å². The van der Waals surface area contributed by atoms with Crippen LogP contribution < -0.4 is 0 Å². The van der Waals surface area contributed by atoms with Gasteiger partial charge in [0.05, 0.1) is 27.2 Å². The summed E-state index contributed by atoms with van der Waals surface area (Å²) in [4.78, 5) is 0. The summed E-state index contributed by atoms with van der Waals surface area (Å²) in [6.07, 6.45) is 4.63. The molecule has 3 nitrogen and oxygen atoms in total. The second-order valence-corrected chi connectivity index (χ2v) is 5.63. The molecule has 0 aliphatic carbocycles. The fourth-order valence-electron chi connectivity index (χ4n) is 2.16. The van der Waals surface area contributed by atoms with Crippen molar-refractivity contribution in [2.24, 2.45) is 0 Å². The molecule has 0 aliphatic heterocycles. The highest BCUT2D eigenvalue weighted by atomic mass is 16.5. The molecule has 0 amide bonds. The van der Waals surface area contributed by atoms with Gasteiger partial charge in [0.1, 0.15) is 0 Å². The molecule has 0 aliphatic rings. The molecule has 1 atom stereocenters. The van der Waals surface area contributed by atoms with Crippen molar-refractivity contribution < 1.29 is 14.0 Å². The number of ether oxygens (including phenoxy) is 2. The molecular weight excluding hydrogens is 226 g/mol. The molecule has 0 spiro atoms. The molecule has 0 fully saturated rings. The Kier molecular flexibility index (Phi) is 9.34. The molecular formula is C15H32NO2+. The first-order chi connectivity index (χ1) is 8.44. The number of methoxy groups -OCH3 is 1. The van der Waals surface area contributed by atoms with Crippen molar-refractivity contribution in [1.29, 1.82) is 0 Å². The van der Waals surface area contributed by atoms with E-state index in [-0.39, 0.29) is 0 Å². The molecule has 0 aromatic heterocycles. The van der Waals surface area contributed by atoms with E-state index in [2.05, 4.69) is 27.6 Å². The Morgan fingerprint density at radius 1 is 1.22 bits per heavy atom. The van der Waals surface area contributed by atoms with Crippen LogP contribution in [0.15, 0.2) is 12.2 Å². The highest BCUT2D eigenvalue weighted by Gasteiger charge is 2.25. The standard InChI is InChI=1S/C15H32NO2/c1-7-15(17-6)16(4,5)11-8-9-12-18-13-10-14(2)3/h15H,2,7-13H2,1,3-6H3/q+1. The lowest BCUT2D eigenvalue weighted by atomic mass is 10.2. The molecule has 0 aromatic carbocycles. The third-order valence-electron chi connectivity index (χ3n) is 3.35. The van der Waals surface area contributed by atoms with Crippen molar-refractivity contribution >= 4 is 0 Å². The second kappa shape index (κ2) is 9.54. The normalized spacial score (nSPS) is 13.6. The highest BCUT2D eigenvalue weighted by molar-refractivity contribution is 4.86. The monoisotopic (exact) mass is 258 g/mol. The van der Waals surface area contributed by atoms with Gasteiger partial charge in [-0.15, -0.1) is 6.58 Å². The summed E-state index contributed by atoms with van der Waals surface area (Å²) in [7, 11) is 6.27. The molecule has 18 heavy (non-hydrogen) atoms. The second-order valence-electron chi connectivity index (χ2n) is 5.63. The maximum atomic E-state index is 5.57. The van der Waals surface area contributed by atoms with Crippen molar-refractivity contribution in [1.82, 2.24) is 0 Å². The Balaban J connectivity index is 3.61. The molecule has 0 N–H and O–H groups in total. The van der Waals surface area contributed by atoms with Crippen LogP contribution in [0.4, 0.5) is 0 Å². The first-order valence-electron chi connectivity index (χ1n) is 7.01. The van der Waals surface area contributed by atoms with E-state index in [1.165, 1.54) is 12.0 Å². The van der Waals surface area contributed by atoms with Crippen LogP contribution in [-0.2, 0) is 9.47 Å². The summed E-state index contributed by atoms with van der Waals surface area (Å²) >= 11 is 0. The average Bonchev–Trinajstić information content (AvgIpc) is 2.28. The first-order valence-corrected chi connectivity index (χ1v) is 7.01. The topological polar surface area (TPSA) is 18.5 Å². The predicted molar refractivity (Wildman–Crippen MR) is 77.5 cm³/mol. The van der Waals surface area contributed by atoms with E-state index in [0.29, 0.717) is 6.23 Å². The number of hydrogen-bond acceptors (Lipinski definition) is 2. The number of nitrogens with zero attached hydrogens (tertiary/aromatic N) is 1. The predicted octanol–water partition coefficient (Wildman–Crippen LogP) is 3.21. The van der Waals surface area contributed by atoms with E-state index >= 15 is 0 Å². The van der Waals surface area contributed by atoms with E-state index in [1.807, 2.05) is 6.92 Å². The van der Waals surface area contributed by atoms with E-state index in [0.717, 1.165) is 43.5 Å². The van der Waals surface area contributed by atoms with Gasteiger partial charge in [-0.3, -0.25) is 0 Å². The van der Waals surface area contributed by atoms with Crippen LogP contribution >= 0.6 is 0 Å². The largest absolute Gasteiger partial charge is 0.381 e. The summed E-state index contributed by atoms with van der Waals surface area (Å²) < 4.78 is 12.0. The Hall–Kier alpha value is -0.380. The third kappa shape index (κ3) is 7.85. The fraction of sp³-hybridized carbons (Fsp3) is 0.867. The molecule has 0 heterocycles. The van der Waals surface area contributed by atoms with Gasteiger partial charge in [0.2, 0.25) is 0 Å². The molecule has 3 heteroatoms. The van der Waals surface area contributed by atoms with Gasteiger partial charge in [0, 0.05) is 20.1 Å². The van der Waals surface area contributed by atoms with Crippen molar-refractivity contribution in [3.63, 3.8) is 0 Å². The summed E-state index contributed by atoms with van der Waals surface area (Å²) in [6, 6.07) is 0. The van der Waals surface area contributed by atoms with Gasteiger partial charge >= 0.3 is 0 Å². The zero-order valence-electron chi connectivity index (χ0n) is 13.0. The zero-order chi connectivity index (χ0) is 14.0. The molecule has 0 radical (unpaired) electrons. The van der Waals surface area contributed by atoms with Crippen molar-refractivity contribution in [2.75, 3.05) is 41.0 Å². The fourth-order valence-corrected chi connectivity index (χ4v) is 2.16. The molecule has 0 rings (SSSR count). The Labute approximate surface area is 113 Å².